The fraction of sp³-hybridized carbons (Fsp3) is 0.556. The number of amides is 1. The minimum Gasteiger partial charge on any atom is -0.277 e. The highest BCUT2D eigenvalue weighted by atomic mass is 16.6. The molecule has 0 saturated heterocycles. The van der Waals surface area contributed by atoms with Gasteiger partial charge in [-0.25, -0.2) is 5.48 Å². The zero-order valence-corrected chi connectivity index (χ0v) is 8.70. The minimum absolute atomic E-state index is 0.262. The molecule has 0 aromatic carbocycles. The summed E-state index contributed by atoms with van der Waals surface area (Å²) in [5.74, 6) is -0.262. The second-order valence-corrected chi connectivity index (χ2v) is 2.83. The molecular weight excluding hydrogens is 182 g/mol. The van der Waals surface area contributed by atoms with E-state index < -0.39 is 0 Å². The number of rotatable bonds is 4. The maximum atomic E-state index is 11.5. The van der Waals surface area contributed by atoms with Crippen LogP contribution < -0.4 is 5.48 Å². The van der Waals surface area contributed by atoms with Crippen molar-refractivity contribution in [2.24, 2.45) is 0 Å². The van der Waals surface area contributed by atoms with Crippen molar-refractivity contribution in [3.63, 3.8) is 0 Å². The summed E-state index contributed by atoms with van der Waals surface area (Å²) in [5.41, 5.74) is 3.72. The molecule has 0 fully saturated rings. The Hall–Kier alpha value is -1.36. The predicted molar refractivity (Wildman–Crippen MR) is 51.8 cm³/mol. The Balaban J connectivity index is 2.93. The standard InChI is InChI=1S/C9H15N3O2/c1-4-7-6-8(9(13)11-14-3)12(5-2)10-7/h6H,4-5H2,1-3H3,(H,11,13). The van der Waals surface area contributed by atoms with Gasteiger partial charge in [-0.05, 0) is 19.4 Å². The van der Waals surface area contributed by atoms with E-state index in [1.54, 1.807) is 10.7 Å². The van der Waals surface area contributed by atoms with Gasteiger partial charge in [0.1, 0.15) is 5.69 Å². The number of nitrogens with one attached hydrogen (secondary N) is 1. The van der Waals surface area contributed by atoms with Crippen molar-refractivity contribution >= 4 is 5.91 Å². The van der Waals surface area contributed by atoms with Gasteiger partial charge in [-0.1, -0.05) is 6.92 Å². The van der Waals surface area contributed by atoms with E-state index in [-0.39, 0.29) is 5.91 Å². The maximum absolute atomic E-state index is 11.5. The third-order valence-corrected chi connectivity index (χ3v) is 1.92. The summed E-state index contributed by atoms with van der Waals surface area (Å²) in [7, 11) is 1.41. The summed E-state index contributed by atoms with van der Waals surface area (Å²) in [6, 6.07) is 1.78. The van der Waals surface area contributed by atoms with E-state index in [2.05, 4.69) is 15.4 Å². The lowest BCUT2D eigenvalue weighted by Gasteiger charge is -2.03. The molecule has 0 aliphatic heterocycles. The summed E-state index contributed by atoms with van der Waals surface area (Å²) in [6.45, 7) is 4.61. The van der Waals surface area contributed by atoms with Crippen LogP contribution in [0.4, 0.5) is 0 Å². The molecular formula is C9H15N3O2. The monoisotopic (exact) mass is 197 g/mol. The minimum atomic E-state index is -0.262. The van der Waals surface area contributed by atoms with Crippen LogP contribution in [0, 0.1) is 0 Å². The molecule has 1 N–H and O–H groups in total. The normalized spacial score (nSPS) is 10.2. The summed E-state index contributed by atoms with van der Waals surface area (Å²) >= 11 is 0. The number of hydrogen-bond donors (Lipinski definition) is 1. The van der Waals surface area contributed by atoms with Crippen LogP contribution in [0.2, 0.25) is 0 Å². The molecule has 0 aliphatic rings. The summed E-state index contributed by atoms with van der Waals surface area (Å²) in [6.07, 6.45) is 0.820. The first-order chi connectivity index (χ1) is 6.72. The molecule has 1 rings (SSSR count). The fourth-order valence-electron chi connectivity index (χ4n) is 1.21. The van der Waals surface area contributed by atoms with E-state index in [0.29, 0.717) is 12.2 Å². The molecule has 0 radical (unpaired) electrons. The summed E-state index contributed by atoms with van der Waals surface area (Å²) < 4.78 is 1.66. The first-order valence-corrected chi connectivity index (χ1v) is 4.63. The van der Waals surface area contributed by atoms with Gasteiger partial charge in [-0.15, -0.1) is 0 Å². The number of carbonyl (C=O) groups is 1. The Kier molecular flexibility index (Phi) is 3.64. The van der Waals surface area contributed by atoms with Gasteiger partial charge in [0.15, 0.2) is 0 Å². The molecule has 0 atom stereocenters. The molecule has 0 unspecified atom stereocenters. The Morgan fingerprint density at radius 1 is 1.64 bits per heavy atom. The van der Waals surface area contributed by atoms with Crippen LogP contribution in [0.25, 0.3) is 0 Å². The van der Waals surface area contributed by atoms with Gasteiger partial charge in [0, 0.05) is 6.54 Å². The van der Waals surface area contributed by atoms with Gasteiger partial charge in [-0.2, -0.15) is 5.10 Å². The topological polar surface area (TPSA) is 56.1 Å². The van der Waals surface area contributed by atoms with Crippen molar-refractivity contribution in [3.05, 3.63) is 17.5 Å². The number of nitrogens with zero attached hydrogens (tertiary/aromatic N) is 2. The molecule has 78 valence electrons. The summed E-state index contributed by atoms with van der Waals surface area (Å²) in [4.78, 5) is 16.0. The molecule has 14 heavy (non-hydrogen) atoms. The largest absolute Gasteiger partial charge is 0.293 e. The number of hydrogen-bond acceptors (Lipinski definition) is 3. The molecule has 1 heterocycles. The zero-order chi connectivity index (χ0) is 10.6. The summed E-state index contributed by atoms with van der Waals surface area (Å²) in [5, 5.41) is 4.25. The van der Waals surface area contributed by atoms with Crippen LogP contribution in [-0.2, 0) is 17.8 Å². The van der Waals surface area contributed by atoms with Crippen LogP contribution in [0.5, 0.6) is 0 Å². The average Bonchev–Trinajstić information content (AvgIpc) is 2.61. The fourth-order valence-corrected chi connectivity index (χ4v) is 1.21. The quantitative estimate of drug-likeness (QED) is 0.725. The van der Waals surface area contributed by atoms with E-state index in [0.717, 1.165) is 12.1 Å². The van der Waals surface area contributed by atoms with Gasteiger partial charge in [0.2, 0.25) is 0 Å². The molecule has 1 amide bonds. The van der Waals surface area contributed by atoms with Crippen molar-refractivity contribution in [2.45, 2.75) is 26.8 Å². The second kappa shape index (κ2) is 4.76. The van der Waals surface area contributed by atoms with Crippen LogP contribution >= 0.6 is 0 Å². The Bertz CT molecular complexity index is 320. The molecule has 1 aromatic heterocycles. The highest BCUT2D eigenvalue weighted by Gasteiger charge is 2.13. The van der Waals surface area contributed by atoms with Crippen molar-refractivity contribution in [2.75, 3.05) is 7.11 Å². The number of aryl methyl sites for hydroxylation is 2. The smallest absolute Gasteiger partial charge is 0.277 e. The zero-order valence-electron chi connectivity index (χ0n) is 8.70. The molecule has 0 spiro atoms. The van der Waals surface area contributed by atoms with E-state index in [9.17, 15) is 4.79 Å². The van der Waals surface area contributed by atoms with Crippen molar-refractivity contribution < 1.29 is 9.63 Å². The molecule has 0 saturated carbocycles. The molecule has 0 aliphatic carbocycles. The first-order valence-electron chi connectivity index (χ1n) is 4.63. The predicted octanol–water partition coefficient (Wildman–Crippen LogP) is 0.757. The van der Waals surface area contributed by atoms with Crippen molar-refractivity contribution in [1.82, 2.24) is 15.3 Å². The molecule has 0 bridgehead atoms. The van der Waals surface area contributed by atoms with E-state index in [4.69, 9.17) is 0 Å². The number of carbonyl (C=O) groups excluding carboxylic acids is 1. The third-order valence-electron chi connectivity index (χ3n) is 1.92. The average molecular weight is 197 g/mol. The Morgan fingerprint density at radius 3 is 2.86 bits per heavy atom. The highest BCUT2D eigenvalue weighted by Crippen LogP contribution is 2.05. The maximum Gasteiger partial charge on any atom is 0.293 e. The van der Waals surface area contributed by atoms with Crippen LogP contribution in [0.1, 0.15) is 30.0 Å². The van der Waals surface area contributed by atoms with Gasteiger partial charge in [-0.3, -0.25) is 14.3 Å². The van der Waals surface area contributed by atoms with E-state index >= 15 is 0 Å². The van der Waals surface area contributed by atoms with Gasteiger partial charge >= 0.3 is 0 Å². The molecule has 5 nitrogen and oxygen atoms in total. The lowest BCUT2D eigenvalue weighted by atomic mass is 10.3. The van der Waals surface area contributed by atoms with Gasteiger partial charge in [0.25, 0.3) is 5.91 Å². The van der Waals surface area contributed by atoms with Crippen LogP contribution in [0.15, 0.2) is 6.07 Å². The first kappa shape index (κ1) is 10.7. The van der Waals surface area contributed by atoms with E-state index in [1.165, 1.54) is 7.11 Å². The van der Waals surface area contributed by atoms with Crippen LogP contribution in [0.3, 0.4) is 0 Å². The van der Waals surface area contributed by atoms with Gasteiger partial charge < -0.3 is 0 Å². The Morgan fingerprint density at radius 2 is 2.36 bits per heavy atom. The van der Waals surface area contributed by atoms with Crippen LogP contribution in [-0.4, -0.2) is 22.8 Å². The third kappa shape index (κ3) is 2.11. The lowest BCUT2D eigenvalue weighted by Crippen LogP contribution is -2.24. The second-order valence-electron chi connectivity index (χ2n) is 2.83. The lowest BCUT2D eigenvalue weighted by molar-refractivity contribution is 0.0526. The van der Waals surface area contributed by atoms with Gasteiger partial charge in [0.05, 0.1) is 12.8 Å². The van der Waals surface area contributed by atoms with E-state index in [1.807, 2.05) is 13.8 Å². The van der Waals surface area contributed by atoms with Crippen molar-refractivity contribution in [1.29, 1.82) is 0 Å². The number of aromatic nitrogens is 2. The Labute approximate surface area is 83.0 Å². The number of hydroxylamine groups is 1. The molecule has 1 aromatic rings. The van der Waals surface area contributed by atoms with Crippen molar-refractivity contribution in [3.8, 4) is 0 Å². The highest BCUT2D eigenvalue weighted by molar-refractivity contribution is 5.91. The SMILES string of the molecule is CCc1cc(C(=O)NOC)n(CC)n1. The molecule has 5 heteroatoms.